The number of anilines is 1. The maximum atomic E-state index is 8.50. The largest absolute Gasteiger partial charge is 0.399 e. The van der Waals surface area contributed by atoms with Crippen molar-refractivity contribution in [1.29, 1.82) is 0 Å². The Labute approximate surface area is 138 Å². The van der Waals surface area contributed by atoms with Crippen molar-refractivity contribution in [2.75, 3.05) is 45.4 Å². The van der Waals surface area contributed by atoms with Crippen LogP contribution >= 0.6 is 0 Å². The van der Waals surface area contributed by atoms with Crippen LogP contribution in [0.15, 0.2) is 24.3 Å². The summed E-state index contributed by atoms with van der Waals surface area (Å²) in [7, 11) is 0. The Morgan fingerprint density at radius 3 is 1.13 bits per heavy atom. The standard InChI is InChI=1S/C7H9N.C5H12O4.2C2H6O/c1-6-2-4-7(8)5-3-6;6-1-5(2-7,3-8)4-9;2*1-2-3/h2-5H,8H2,1H3;6-9H,1-4H2;2*3H,2H2,1H3. The van der Waals surface area contributed by atoms with Crippen molar-refractivity contribution in [3.05, 3.63) is 29.8 Å². The quantitative estimate of drug-likeness (QED) is 0.367. The summed E-state index contributed by atoms with van der Waals surface area (Å²) < 4.78 is 0. The Hall–Kier alpha value is -1.22. The van der Waals surface area contributed by atoms with Crippen LogP contribution in [0.5, 0.6) is 0 Å². The van der Waals surface area contributed by atoms with Gasteiger partial charge in [-0.1, -0.05) is 17.7 Å². The molecule has 0 heterocycles. The van der Waals surface area contributed by atoms with Gasteiger partial charge in [0.15, 0.2) is 0 Å². The average molecular weight is 335 g/mol. The molecule has 0 radical (unpaired) electrons. The van der Waals surface area contributed by atoms with E-state index in [1.807, 2.05) is 31.2 Å². The topological polar surface area (TPSA) is 147 Å². The maximum Gasteiger partial charge on any atom is 0.0627 e. The van der Waals surface area contributed by atoms with Crippen LogP contribution in [-0.4, -0.2) is 70.3 Å². The van der Waals surface area contributed by atoms with Crippen molar-refractivity contribution >= 4 is 5.69 Å². The minimum Gasteiger partial charge on any atom is -0.399 e. The molecule has 23 heavy (non-hydrogen) atoms. The van der Waals surface area contributed by atoms with E-state index in [4.69, 9.17) is 36.4 Å². The molecule has 0 unspecified atom stereocenters. The molecule has 7 nitrogen and oxygen atoms in total. The first kappa shape index (κ1) is 26.7. The average Bonchev–Trinajstić information content (AvgIpc) is 2.55. The second-order valence-electron chi connectivity index (χ2n) is 4.68. The van der Waals surface area contributed by atoms with Crippen molar-refractivity contribution in [3.63, 3.8) is 0 Å². The van der Waals surface area contributed by atoms with E-state index in [9.17, 15) is 0 Å². The van der Waals surface area contributed by atoms with E-state index in [0.717, 1.165) is 5.69 Å². The van der Waals surface area contributed by atoms with Crippen molar-refractivity contribution in [2.24, 2.45) is 5.41 Å². The number of benzene rings is 1. The predicted octanol–water partition coefficient (Wildman–Crippen LogP) is -0.484. The van der Waals surface area contributed by atoms with E-state index in [0.29, 0.717) is 0 Å². The van der Waals surface area contributed by atoms with Crippen LogP contribution in [0.1, 0.15) is 19.4 Å². The number of nitrogens with two attached hydrogens (primary N) is 1. The second-order valence-corrected chi connectivity index (χ2v) is 4.68. The smallest absolute Gasteiger partial charge is 0.0627 e. The Bertz CT molecular complexity index is 287. The zero-order valence-electron chi connectivity index (χ0n) is 14.3. The summed E-state index contributed by atoms with van der Waals surface area (Å²) in [6.07, 6.45) is 0. The number of aliphatic hydroxyl groups excluding tert-OH is 6. The first-order valence-corrected chi connectivity index (χ1v) is 7.34. The zero-order valence-corrected chi connectivity index (χ0v) is 14.3. The molecule has 0 bridgehead atoms. The lowest BCUT2D eigenvalue weighted by molar-refractivity contribution is -0.0328. The summed E-state index contributed by atoms with van der Waals surface area (Å²) in [5, 5.41) is 49.1. The Kier molecular flexibility index (Phi) is 21.8. The zero-order chi connectivity index (χ0) is 18.7. The molecule has 0 amide bonds. The minimum atomic E-state index is -1.11. The summed E-state index contributed by atoms with van der Waals surface area (Å²) in [4.78, 5) is 0. The third-order valence-electron chi connectivity index (χ3n) is 2.42. The molecule has 0 aliphatic carbocycles. The minimum absolute atomic E-state index is 0.250. The van der Waals surface area contributed by atoms with Crippen LogP contribution in [0, 0.1) is 12.3 Å². The fourth-order valence-corrected chi connectivity index (χ4v) is 0.866. The van der Waals surface area contributed by atoms with Crippen molar-refractivity contribution in [1.82, 2.24) is 0 Å². The molecule has 0 aliphatic heterocycles. The SMILES string of the molecule is CCO.CCO.Cc1ccc(N)cc1.OCC(CO)(CO)CO. The third-order valence-corrected chi connectivity index (χ3v) is 2.42. The maximum absolute atomic E-state index is 8.50. The number of aryl methyl sites for hydroxylation is 1. The number of rotatable bonds is 4. The molecule has 1 rings (SSSR count). The highest BCUT2D eigenvalue weighted by Gasteiger charge is 2.26. The summed E-state index contributed by atoms with van der Waals surface area (Å²) in [5.74, 6) is 0. The van der Waals surface area contributed by atoms with Gasteiger partial charge in [-0.2, -0.15) is 0 Å². The molecule has 0 saturated carbocycles. The van der Waals surface area contributed by atoms with E-state index in [1.165, 1.54) is 5.56 Å². The van der Waals surface area contributed by atoms with Gasteiger partial charge in [-0.05, 0) is 32.9 Å². The molecular weight excluding hydrogens is 302 g/mol. The predicted molar refractivity (Wildman–Crippen MR) is 91.9 cm³/mol. The van der Waals surface area contributed by atoms with Crippen molar-refractivity contribution in [2.45, 2.75) is 20.8 Å². The lowest BCUT2D eigenvalue weighted by atomic mass is 9.93. The fourth-order valence-electron chi connectivity index (χ4n) is 0.866. The molecule has 0 saturated heterocycles. The van der Waals surface area contributed by atoms with E-state index >= 15 is 0 Å². The van der Waals surface area contributed by atoms with Gasteiger partial charge >= 0.3 is 0 Å². The first-order valence-electron chi connectivity index (χ1n) is 7.34. The number of aliphatic hydroxyl groups is 6. The summed E-state index contributed by atoms with van der Waals surface area (Å²) in [6, 6.07) is 7.79. The first-order chi connectivity index (χ1) is 10.9. The molecule has 1 aromatic carbocycles. The number of hydrogen-bond acceptors (Lipinski definition) is 7. The van der Waals surface area contributed by atoms with E-state index in [1.54, 1.807) is 13.8 Å². The van der Waals surface area contributed by atoms with Gasteiger partial charge in [0.05, 0.1) is 31.8 Å². The van der Waals surface area contributed by atoms with Crippen LogP contribution in [0.3, 0.4) is 0 Å². The second kappa shape index (κ2) is 18.8. The van der Waals surface area contributed by atoms with Gasteiger partial charge in [-0.3, -0.25) is 0 Å². The normalized spacial score (nSPS) is 9.43. The molecule has 0 aromatic heterocycles. The lowest BCUT2D eigenvalue weighted by Gasteiger charge is -2.23. The molecule has 1 aromatic rings. The van der Waals surface area contributed by atoms with Gasteiger partial charge in [0.2, 0.25) is 0 Å². The lowest BCUT2D eigenvalue weighted by Crippen LogP contribution is -2.37. The Morgan fingerprint density at radius 1 is 0.739 bits per heavy atom. The molecule has 0 atom stereocenters. The molecular formula is C16H33NO6. The third kappa shape index (κ3) is 17.0. The highest BCUT2D eigenvalue weighted by molar-refractivity contribution is 5.38. The monoisotopic (exact) mass is 335 g/mol. The van der Waals surface area contributed by atoms with Crippen LogP contribution < -0.4 is 5.73 Å². The molecule has 0 fully saturated rings. The van der Waals surface area contributed by atoms with E-state index in [-0.39, 0.29) is 13.2 Å². The molecule has 7 heteroatoms. The van der Waals surface area contributed by atoms with Gasteiger partial charge in [0.1, 0.15) is 0 Å². The van der Waals surface area contributed by atoms with Crippen LogP contribution in [-0.2, 0) is 0 Å². The van der Waals surface area contributed by atoms with Gasteiger partial charge in [0.25, 0.3) is 0 Å². The molecule has 8 N–H and O–H groups in total. The summed E-state index contributed by atoms with van der Waals surface area (Å²) >= 11 is 0. The van der Waals surface area contributed by atoms with Gasteiger partial charge < -0.3 is 36.4 Å². The summed E-state index contributed by atoms with van der Waals surface area (Å²) in [5.41, 5.74) is 6.39. The highest BCUT2D eigenvalue weighted by atomic mass is 16.3. The van der Waals surface area contributed by atoms with E-state index in [2.05, 4.69) is 0 Å². The summed E-state index contributed by atoms with van der Waals surface area (Å²) in [6.45, 7) is 4.28. The van der Waals surface area contributed by atoms with E-state index < -0.39 is 31.8 Å². The van der Waals surface area contributed by atoms with Gasteiger partial charge in [-0.15, -0.1) is 0 Å². The Balaban J connectivity index is -0.000000261. The van der Waals surface area contributed by atoms with Crippen molar-refractivity contribution in [3.8, 4) is 0 Å². The van der Waals surface area contributed by atoms with Crippen LogP contribution in [0.2, 0.25) is 0 Å². The Morgan fingerprint density at radius 2 is 1.00 bits per heavy atom. The number of nitrogen functional groups attached to an aromatic ring is 1. The molecule has 0 aliphatic rings. The van der Waals surface area contributed by atoms with Crippen LogP contribution in [0.4, 0.5) is 5.69 Å². The van der Waals surface area contributed by atoms with Crippen molar-refractivity contribution < 1.29 is 30.6 Å². The van der Waals surface area contributed by atoms with Gasteiger partial charge in [-0.25, -0.2) is 0 Å². The fraction of sp³-hybridized carbons (Fsp3) is 0.625. The number of hydrogen-bond donors (Lipinski definition) is 7. The molecule has 138 valence electrons. The highest BCUT2D eigenvalue weighted by Crippen LogP contribution is 2.11. The molecule has 0 spiro atoms. The van der Waals surface area contributed by atoms with Gasteiger partial charge in [0, 0.05) is 18.9 Å². The van der Waals surface area contributed by atoms with Crippen LogP contribution in [0.25, 0.3) is 0 Å².